The maximum Gasteiger partial charge on any atom is 0.317 e. The highest BCUT2D eigenvalue weighted by atomic mass is 35.5. The lowest BCUT2D eigenvalue weighted by molar-refractivity contribution is -0.117. The predicted octanol–water partition coefficient (Wildman–Crippen LogP) is 4.38. The Balaban J connectivity index is 1.46. The number of nitrogens with one attached hydrogen (secondary N) is 2. The molecule has 8 heteroatoms. The van der Waals surface area contributed by atoms with Crippen molar-refractivity contribution in [2.75, 3.05) is 26.8 Å². The molecule has 1 aromatic carbocycles. The Hall–Kier alpha value is -2.41. The smallest absolute Gasteiger partial charge is 0.317 e. The van der Waals surface area contributed by atoms with E-state index in [4.69, 9.17) is 21.1 Å². The molecule has 0 aromatic heterocycles. The van der Waals surface area contributed by atoms with Gasteiger partial charge in [0.15, 0.2) is 11.5 Å². The molecule has 0 radical (unpaired) electrons. The third kappa shape index (κ3) is 6.79. The van der Waals surface area contributed by atoms with Crippen LogP contribution in [0.4, 0.5) is 4.79 Å². The van der Waals surface area contributed by atoms with E-state index in [0.29, 0.717) is 42.3 Å². The van der Waals surface area contributed by atoms with Gasteiger partial charge in [0.25, 0.3) is 0 Å². The molecule has 1 saturated carbocycles. The van der Waals surface area contributed by atoms with Crippen LogP contribution in [0.15, 0.2) is 18.2 Å². The van der Waals surface area contributed by atoms with Crippen molar-refractivity contribution in [3.8, 4) is 11.5 Å². The van der Waals surface area contributed by atoms with E-state index in [9.17, 15) is 9.59 Å². The van der Waals surface area contributed by atoms with Gasteiger partial charge in [0, 0.05) is 31.2 Å². The number of likely N-dealkylation sites (tertiary alicyclic amines) is 1. The van der Waals surface area contributed by atoms with Crippen molar-refractivity contribution in [1.82, 2.24) is 15.5 Å². The lowest BCUT2D eigenvalue weighted by Crippen LogP contribution is -2.51. The number of carbonyl (C=O) groups is 2. The van der Waals surface area contributed by atoms with Crippen LogP contribution in [0.25, 0.3) is 6.08 Å². The minimum Gasteiger partial charge on any atom is -0.491 e. The zero-order valence-corrected chi connectivity index (χ0v) is 19.7. The number of ether oxygens (including phenoxy) is 2. The zero-order valence-electron chi connectivity index (χ0n) is 19.0. The molecule has 0 unspecified atom stereocenters. The quantitative estimate of drug-likeness (QED) is 0.588. The molecule has 3 rings (SSSR count). The fraction of sp³-hybridized carbons (Fsp3) is 0.583. The highest BCUT2D eigenvalue weighted by molar-refractivity contribution is 6.32. The van der Waals surface area contributed by atoms with Gasteiger partial charge in [-0.05, 0) is 56.4 Å². The highest BCUT2D eigenvalue weighted by Crippen LogP contribution is 2.36. The molecule has 2 N–H and O–H groups in total. The summed E-state index contributed by atoms with van der Waals surface area (Å²) in [5.74, 6) is 0.857. The van der Waals surface area contributed by atoms with Crippen LogP contribution in [0.2, 0.25) is 5.02 Å². The molecule has 32 heavy (non-hydrogen) atoms. The molecule has 1 heterocycles. The van der Waals surface area contributed by atoms with Crippen molar-refractivity contribution in [3.05, 3.63) is 28.8 Å². The first kappa shape index (κ1) is 24.2. The number of piperidine rings is 1. The van der Waals surface area contributed by atoms with E-state index >= 15 is 0 Å². The molecular formula is C24H34ClN3O4. The number of halogens is 1. The van der Waals surface area contributed by atoms with Crippen molar-refractivity contribution in [1.29, 1.82) is 0 Å². The Morgan fingerprint density at radius 2 is 1.78 bits per heavy atom. The summed E-state index contributed by atoms with van der Waals surface area (Å²) in [5, 5.41) is 6.63. The maximum atomic E-state index is 12.5. The molecule has 176 valence electrons. The van der Waals surface area contributed by atoms with Gasteiger partial charge in [-0.3, -0.25) is 4.79 Å². The molecule has 1 aliphatic carbocycles. The average Bonchev–Trinajstić information content (AvgIpc) is 2.79. The lowest BCUT2D eigenvalue weighted by atomic mass is 9.95. The number of methoxy groups -OCH3 is 1. The second kappa shape index (κ2) is 12.0. The molecule has 7 nitrogen and oxygen atoms in total. The van der Waals surface area contributed by atoms with Gasteiger partial charge in [-0.15, -0.1) is 0 Å². The van der Waals surface area contributed by atoms with Gasteiger partial charge in [-0.2, -0.15) is 0 Å². The summed E-state index contributed by atoms with van der Waals surface area (Å²) < 4.78 is 10.9. The Kier molecular flexibility index (Phi) is 9.09. The van der Waals surface area contributed by atoms with Crippen molar-refractivity contribution < 1.29 is 19.1 Å². The second-order valence-electron chi connectivity index (χ2n) is 8.35. The van der Waals surface area contributed by atoms with E-state index in [2.05, 4.69) is 10.6 Å². The van der Waals surface area contributed by atoms with Crippen LogP contribution in [0, 0.1) is 0 Å². The van der Waals surface area contributed by atoms with Crippen molar-refractivity contribution in [2.24, 2.45) is 0 Å². The van der Waals surface area contributed by atoms with E-state index in [1.165, 1.54) is 32.4 Å². The van der Waals surface area contributed by atoms with Crippen LogP contribution in [-0.4, -0.2) is 55.7 Å². The number of rotatable bonds is 7. The lowest BCUT2D eigenvalue weighted by Gasteiger charge is -2.34. The van der Waals surface area contributed by atoms with Crippen LogP contribution in [0.1, 0.15) is 57.4 Å². The molecule has 1 aromatic rings. The monoisotopic (exact) mass is 463 g/mol. The number of urea groups is 1. The van der Waals surface area contributed by atoms with Gasteiger partial charge in [0.1, 0.15) is 0 Å². The fourth-order valence-corrected chi connectivity index (χ4v) is 4.60. The van der Waals surface area contributed by atoms with E-state index in [-0.39, 0.29) is 18.0 Å². The number of nitrogens with zero attached hydrogens (tertiary/aromatic N) is 1. The number of hydrogen-bond donors (Lipinski definition) is 2. The largest absolute Gasteiger partial charge is 0.491 e. The Bertz CT molecular complexity index is 816. The van der Waals surface area contributed by atoms with E-state index in [1.54, 1.807) is 18.2 Å². The van der Waals surface area contributed by atoms with Gasteiger partial charge in [-0.25, -0.2) is 4.79 Å². The second-order valence-corrected chi connectivity index (χ2v) is 8.76. The third-order valence-electron chi connectivity index (χ3n) is 6.02. The summed E-state index contributed by atoms with van der Waals surface area (Å²) in [4.78, 5) is 26.8. The summed E-state index contributed by atoms with van der Waals surface area (Å²) in [7, 11) is 1.54. The van der Waals surface area contributed by atoms with Gasteiger partial charge in [-0.1, -0.05) is 30.9 Å². The topological polar surface area (TPSA) is 79.9 Å². The molecule has 2 aliphatic rings. The number of benzene rings is 1. The van der Waals surface area contributed by atoms with Crippen LogP contribution < -0.4 is 20.1 Å². The molecule has 0 bridgehead atoms. The van der Waals surface area contributed by atoms with E-state index in [0.717, 1.165) is 31.2 Å². The summed E-state index contributed by atoms with van der Waals surface area (Å²) in [6.07, 6.45) is 10.5. The van der Waals surface area contributed by atoms with E-state index < -0.39 is 0 Å². The van der Waals surface area contributed by atoms with Gasteiger partial charge < -0.3 is 25.0 Å². The number of hydrogen-bond acceptors (Lipinski definition) is 4. The average molecular weight is 464 g/mol. The zero-order chi connectivity index (χ0) is 22.9. The maximum absolute atomic E-state index is 12.5. The molecule has 1 aliphatic heterocycles. The fourth-order valence-electron chi connectivity index (χ4n) is 4.31. The van der Waals surface area contributed by atoms with E-state index in [1.807, 2.05) is 11.8 Å². The van der Waals surface area contributed by atoms with Crippen molar-refractivity contribution in [3.63, 3.8) is 0 Å². The normalized spacial score (nSPS) is 17.9. The Morgan fingerprint density at radius 3 is 2.44 bits per heavy atom. The molecule has 0 atom stereocenters. The first-order valence-corrected chi connectivity index (χ1v) is 11.9. The minimum absolute atomic E-state index is 0.0306. The summed E-state index contributed by atoms with van der Waals surface area (Å²) in [6, 6.07) is 3.93. The van der Waals surface area contributed by atoms with Gasteiger partial charge in [0.05, 0.1) is 18.7 Å². The predicted molar refractivity (Wildman–Crippen MR) is 126 cm³/mol. The SMILES string of the molecule is CCOc1cc(/C=C/C(=O)NC2CCN(C(=O)NC3CCCCC3)CC2)cc(Cl)c1OC. The Labute approximate surface area is 195 Å². The first-order chi connectivity index (χ1) is 15.5. The Morgan fingerprint density at radius 1 is 1.09 bits per heavy atom. The molecule has 1 saturated heterocycles. The summed E-state index contributed by atoms with van der Waals surface area (Å²) in [5.41, 5.74) is 0.753. The molecule has 0 spiro atoms. The first-order valence-electron chi connectivity index (χ1n) is 11.5. The summed E-state index contributed by atoms with van der Waals surface area (Å²) >= 11 is 6.27. The third-order valence-corrected chi connectivity index (χ3v) is 6.31. The molecule has 2 fully saturated rings. The summed E-state index contributed by atoms with van der Waals surface area (Å²) in [6.45, 7) is 3.67. The van der Waals surface area contributed by atoms with Crippen LogP contribution in [-0.2, 0) is 4.79 Å². The molecule has 3 amide bonds. The standard InChI is InChI=1S/C24H34ClN3O4/c1-3-32-21-16-17(15-20(25)23(21)31-2)9-10-22(29)26-19-11-13-28(14-12-19)24(30)27-18-7-5-4-6-8-18/h9-10,15-16,18-19H,3-8,11-14H2,1-2H3,(H,26,29)(H,27,30)/b10-9+. The van der Waals surface area contributed by atoms with Crippen molar-refractivity contribution in [2.45, 2.75) is 64.0 Å². The minimum atomic E-state index is -0.167. The van der Waals surface area contributed by atoms with Crippen molar-refractivity contribution >= 4 is 29.6 Å². The van der Waals surface area contributed by atoms with Crippen LogP contribution in [0.5, 0.6) is 11.5 Å². The number of carbonyl (C=O) groups excluding carboxylic acids is 2. The van der Waals surface area contributed by atoms with Gasteiger partial charge in [0.2, 0.25) is 5.91 Å². The number of amides is 3. The van der Waals surface area contributed by atoms with Gasteiger partial charge >= 0.3 is 6.03 Å². The molecular weight excluding hydrogens is 430 g/mol. The highest BCUT2D eigenvalue weighted by Gasteiger charge is 2.25. The van der Waals surface area contributed by atoms with Crippen LogP contribution >= 0.6 is 11.6 Å². The van der Waals surface area contributed by atoms with Crippen LogP contribution in [0.3, 0.4) is 0 Å².